The van der Waals surface area contributed by atoms with Crippen LogP contribution in [0.3, 0.4) is 0 Å². The quantitative estimate of drug-likeness (QED) is 0.599. The van der Waals surface area contributed by atoms with Gasteiger partial charge in [-0.25, -0.2) is 0 Å². The average molecular weight is 396 g/mol. The van der Waals surface area contributed by atoms with Crippen molar-refractivity contribution in [1.82, 2.24) is 10.1 Å². The maximum atomic E-state index is 5.51. The number of benzene rings is 2. The van der Waals surface area contributed by atoms with E-state index in [2.05, 4.69) is 40.5 Å². The van der Waals surface area contributed by atoms with E-state index in [4.69, 9.17) is 14.0 Å². The summed E-state index contributed by atoms with van der Waals surface area (Å²) in [5.74, 6) is 2.59. The number of aromatic nitrogens is 2. The summed E-state index contributed by atoms with van der Waals surface area (Å²) in [6.45, 7) is 6.38. The Morgan fingerprint density at radius 1 is 0.862 bits per heavy atom. The van der Waals surface area contributed by atoms with Crippen molar-refractivity contribution in [2.24, 2.45) is 0 Å². The lowest BCUT2D eigenvalue weighted by Crippen LogP contribution is -3.27. The lowest BCUT2D eigenvalue weighted by Gasteiger charge is -2.28. The number of rotatable bonds is 7. The largest absolute Gasteiger partial charge is 0.493 e. The third-order valence-corrected chi connectivity index (χ3v) is 5.47. The topological polar surface area (TPSA) is 66.3 Å². The number of nitrogens with one attached hydrogen (secondary N) is 2. The van der Waals surface area contributed by atoms with Gasteiger partial charge < -0.3 is 23.8 Å². The molecule has 1 fully saturated rings. The molecule has 1 saturated heterocycles. The highest BCUT2D eigenvalue weighted by Gasteiger charge is 2.25. The summed E-state index contributed by atoms with van der Waals surface area (Å²) in [5, 5.41) is 4.15. The molecule has 7 heteroatoms. The Morgan fingerprint density at radius 2 is 1.55 bits per heavy atom. The van der Waals surface area contributed by atoms with E-state index in [0.717, 1.165) is 44.8 Å². The molecule has 0 bridgehead atoms. The molecule has 1 aliphatic heterocycles. The van der Waals surface area contributed by atoms with Crippen LogP contribution in [-0.4, -0.2) is 50.5 Å². The van der Waals surface area contributed by atoms with Gasteiger partial charge in [0.15, 0.2) is 18.0 Å². The predicted molar refractivity (Wildman–Crippen MR) is 108 cm³/mol. The molecule has 7 nitrogen and oxygen atoms in total. The van der Waals surface area contributed by atoms with Gasteiger partial charge in [-0.05, 0) is 18.2 Å². The SMILES string of the molecule is COc1ccc(-c2noc(C[NH+]3CC[NH+](Cc4ccccc4)CC3)n2)cc1OC. The van der Waals surface area contributed by atoms with Crippen molar-refractivity contribution in [3.8, 4) is 22.9 Å². The zero-order valence-electron chi connectivity index (χ0n) is 17.0. The van der Waals surface area contributed by atoms with E-state index in [1.165, 1.54) is 10.5 Å². The third-order valence-electron chi connectivity index (χ3n) is 5.47. The minimum atomic E-state index is 0.577. The molecule has 1 aliphatic rings. The summed E-state index contributed by atoms with van der Waals surface area (Å²) in [6, 6.07) is 16.3. The summed E-state index contributed by atoms with van der Waals surface area (Å²) >= 11 is 0. The average Bonchev–Trinajstić information content (AvgIpc) is 3.24. The van der Waals surface area contributed by atoms with Crippen LogP contribution >= 0.6 is 0 Å². The molecule has 3 aromatic rings. The van der Waals surface area contributed by atoms with Gasteiger partial charge in [0.2, 0.25) is 5.82 Å². The van der Waals surface area contributed by atoms with Crippen LogP contribution in [0, 0.1) is 0 Å². The van der Waals surface area contributed by atoms with Crippen LogP contribution in [0.15, 0.2) is 53.1 Å². The zero-order valence-corrected chi connectivity index (χ0v) is 17.0. The standard InChI is InChI=1S/C22H26N4O3/c1-27-19-9-8-18(14-20(19)28-2)22-23-21(29-24-22)16-26-12-10-25(11-13-26)15-17-6-4-3-5-7-17/h3-9,14H,10-13,15-16H2,1-2H3/p+2. The molecule has 0 spiro atoms. The first-order chi connectivity index (χ1) is 14.2. The second-order valence-electron chi connectivity index (χ2n) is 7.42. The van der Waals surface area contributed by atoms with Gasteiger partial charge >= 0.3 is 0 Å². The maximum absolute atomic E-state index is 5.51. The fourth-order valence-corrected chi connectivity index (χ4v) is 3.83. The molecule has 0 radical (unpaired) electrons. The van der Waals surface area contributed by atoms with Gasteiger partial charge in [-0.2, -0.15) is 4.98 Å². The van der Waals surface area contributed by atoms with Crippen LogP contribution in [-0.2, 0) is 13.1 Å². The van der Waals surface area contributed by atoms with E-state index in [0.29, 0.717) is 23.2 Å². The molecule has 152 valence electrons. The van der Waals surface area contributed by atoms with Crippen LogP contribution in [0.2, 0.25) is 0 Å². The number of hydrogen-bond acceptors (Lipinski definition) is 5. The van der Waals surface area contributed by atoms with Crippen molar-refractivity contribution in [2.45, 2.75) is 13.1 Å². The summed E-state index contributed by atoms with van der Waals surface area (Å²) in [6.07, 6.45) is 0. The van der Waals surface area contributed by atoms with E-state index in [1.54, 1.807) is 19.1 Å². The Labute approximate surface area is 170 Å². The molecule has 4 rings (SSSR count). The van der Waals surface area contributed by atoms with Crippen molar-refractivity contribution in [1.29, 1.82) is 0 Å². The fraction of sp³-hybridized carbons (Fsp3) is 0.364. The molecule has 2 aromatic carbocycles. The molecule has 0 amide bonds. The van der Waals surface area contributed by atoms with E-state index in [9.17, 15) is 0 Å². The van der Waals surface area contributed by atoms with E-state index in [1.807, 2.05) is 18.2 Å². The van der Waals surface area contributed by atoms with Crippen molar-refractivity contribution in [2.75, 3.05) is 40.4 Å². The zero-order chi connectivity index (χ0) is 20.1. The monoisotopic (exact) mass is 396 g/mol. The van der Waals surface area contributed by atoms with E-state index < -0.39 is 0 Å². The van der Waals surface area contributed by atoms with Gasteiger partial charge in [-0.1, -0.05) is 35.5 Å². The maximum Gasteiger partial charge on any atom is 0.282 e. The second kappa shape index (κ2) is 9.07. The second-order valence-corrected chi connectivity index (χ2v) is 7.42. The van der Waals surface area contributed by atoms with Gasteiger partial charge in [0.25, 0.3) is 5.89 Å². The smallest absolute Gasteiger partial charge is 0.282 e. The third kappa shape index (κ3) is 4.75. The summed E-state index contributed by atoms with van der Waals surface area (Å²) in [4.78, 5) is 7.72. The first-order valence-corrected chi connectivity index (χ1v) is 10.0. The van der Waals surface area contributed by atoms with Gasteiger partial charge in [-0.3, -0.25) is 0 Å². The van der Waals surface area contributed by atoms with E-state index in [-0.39, 0.29) is 0 Å². The van der Waals surface area contributed by atoms with Crippen LogP contribution in [0.25, 0.3) is 11.4 Å². The van der Waals surface area contributed by atoms with Crippen molar-refractivity contribution >= 4 is 0 Å². The molecule has 0 aliphatic carbocycles. The normalized spacial score (nSPS) is 19.1. The molecule has 2 N–H and O–H groups in total. The number of piperazine rings is 1. The molecule has 0 atom stereocenters. The van der Waals surface area contributed by atoms with Crippen LogP contribution < -0.4 is 19.3 Å². The summed E-state index contributed by atoms with van der Waals surface area (Å²) < 4.78 is 16.2. The van der Waals surface area contributed by atoms with Gasteiger partial charge in [-0.15, -0.1) is 0 Å². The molecule has 0 saturated carbocycles. The lowest BCUT2D eigenvalue weighted by molar-refractivity contribution is -1.02. The van der Waals surface area contributed by atoms with Gasteiger partial charge in [0, 0.05) is 11.1 Å². The molecular weight excluding hydrogens is 368 g/mol. The van der Waals surface area contributed by atoms with Crippen molar-refractivity contribution in [3.05, 3.63) is 60.0 Å². The number of methoxy groups -OCH3 is 2. The molecule has 29 heavy (non-hydrogen) atoms. The molecular formula is C22H28N4O3+2. The Bertz CT molecular complexity index is 921. The molecule has 1 aromatic heterocycles. The Morgan fingerprint density at radius 3 is 2.24 bits per heavy atom. The first-order valence-electron chi connectivity index (χ1n) is 10.0. The fourth-order valence-electron chi connectivity index (χ4n) is 3.83. The first kappa shape index (κ1) is 19.4. The van der Waals surface area contributed by atoms with Crippen LogP contribution in [0.5, 0.6) is 11.5 Å². The van der Waals surface area contributed by atoms with Gasteiger partial charge in [0.1, 0.15) is 32.7 Å². The summed E-state index contributed by atoms with van der Waals surface area (Å²) in [5.41, 5.74) is 2.26. The number of ether oxygens (including phenoxy) is 2. The van der Waals surface area contributed by atoms with Crippen molar-refractivity contribution in [3.63, 3.8) is 0 Å². The Balaban J connectivity index is 1.33. The van der Waals surface area contributed by atoms with Crippen LogP contribution in [0.1, 0.15) is 11.5 Å². The summed E-state index contributed by atoms with van der Waals surface area (Å²) in [7, 11) is 3.24. The highest BCUT2D eigenvalue weighted by molar-refractivity contribution is 5.60. The Hall–Kier alpha value is -2.90. The highest BCUT2D eigenvalue weighted by Crippen LogP contribution is 2.31. The molecule has 0 unspecified atom stereocenters. The van der Waals surface area contributed by atoms with Gasteiger partial charge in [0.05, 0.1) is 14.2 Å². The minimum absolute atomic E-state index is 0.577. The van der Waals surface area contributed by atoms with Crippen LogP contribution in [0.4, 0.5) is 0 Å². The van der Waals surface area contributed by atoms with E-state index >= 15 is 0 Å². The lowest BCUT2D eigenvalue weighted by atomic mass is 10.2. The Kier molecular flexibility index (Phi) is 6.07. The highest BCUT2D eigenvalue weighted by atomic mass is 16.5. The molecule has 2 heterocycles. The number of hydrogen-bond donors (Lipinski definition) is 2. The number of quaternary nitrogens is 2. The van der Waals surface area contributed by atoms with Crippen molar-refractivity contribution < 1.29 is 23.8 Å². The predicted octanol–water partition coefficient (Wildman–Crippen LogP) is 0.237. The minimum Gasteiger partial charge on any atom is -0.493 e. The number of nitrogens with zero attached hydrogens (tertiary/aromatic N) is 2.